The van der Waals surface area contributed by atoms with Crippen molar-refractivity contribution in [1.82, 2.24) is 0 Å². The van der Waals surface area contributed by atoms with E-state index in [2.05, 4.69) is 163 Å². The summed E-state index contributed by atoms with van der Waals surface area (Å²) in [5, 5.41) is 7.61. The molecule has 0 atom stereocenters. The van der Waals surface area contributed by atoms with E-state index in [0.29, 0.717) is 0 Å². The minimum Gasteiger partial charge on any atom is -0.454 e. The van der Waals surface area contributed by atoms with Gasteiger partial charge in [-0.05, 0) is 79.9 Å². The molecule has 9 aromatic rings. The molecule has 0 fully saturated rings. The number of anilines is 3. The van der Waals surface area contributed by atoms with Crippen molar-refractivity contribution in [2.75, 3.05) is 4.90 Å². The van der Waals surface area contributed by atoms with E-state index < -0.39 is 0 Å². The van der Waals surface area contributed by atoms with Crippen LogP contribution in [0.5, 0.6) is 0 Å². The molecule has 8 aromatic carbocycles. The molecule has 218 valence electrons. The van der Waals surface area contributed by atoms with Crippen LogP contribution in [0.4, 0.5) is 17.1 Å². The summed E-state index contributed by atoms with van der Waals surface area (Å²) < 4.78 is 6.64. The van der Waals surface area contributed by atoms with Crippen molar-refractivity contribution in [3.8, 4) is 11.1 Å². The maximum absolute atomic E-state index is 6.64. The van der Waals surface area contributed by atoms with E-state index >= 15 is 0 Å². The second-order valence-corrected chi connectivity index (χ2v) is 12.8. The molecule has 0 aliphatic heterocycles. The molecule has 1 aromatic heterocycles. The van der Waals surface area contributed by atoms with Gasteiger partial charge >= 0.3 is 0 Å². The molecule has 0 bridgehead atoms. The molecule has 0 saturated carbocycles. The molecular formula is C45H27NO. The Morgan fingerprint density at radius 2 is 1.02 bits per heavy atom. The van der Waals surface area contributed by atoms with E-state index in [0.717, 1.165) is 39.0 Å². The van der Waals surface area contributed by atoms with Gasteiger partial charge in [0.1, 0.15) is 5.58 Å². The zero-order valence-corrected chi connectivity index (χ0v) is 25.4. The van der Waals surface area contributed by atoms with Gasteiger partial charge in [0.25, 0.3) is 0 Å². The SMILES string of the molecule is c1ccc(-c2ccc(N(c3ccc4c5c(cccc35)C43c4cccc5cccc3c45)c3cccc4c3oc3ccccc34)cc2)cc1. The van der Waals surface area contributed by atoms with Gasteiger partial charge in [0.15, 0.2) is 5.58 Å². The Hall–Kier alpha value is -6.12. The second-order valence-electron chi connectivity index (χ2n) is 12.8. The minimum absolute atomic E-state index is 0.148. The zero-order valence-electron chi connectivity index (χ0n) is 25.4. The quantitative estimate of drug-likeness (QED) is 0.201. The van der Waals surface area contributed by atoms with E-state index in [1.54, 1.807) is 0 Å². The molecule has 2 aliphatic rings. The van der Waals surface area contributed by atoms with Gasteiger partial charge in [0.05, 0.1) is 16.8 Å². The highest BCUT2D eigenvalue weighted by molar-refractivity contribution is 6.16. The summed E-state index contributed by atoms with van der Waals surface area (Å²) >= 11 is 0. The molecule has 1 spiro atoms. The van der Waals surface area contributed by atoms with E-state index in [9.17, 15) is 0 Å². The molecule has 0 unspecified atom stereocenters. The summed E-state index contributed by atoms with van der Waals surface area (Å²) in [7, 11) is 0. The van der Waals surface area contributed by atoms with Crippen LogP contribution in [0.2, 0.25) is 0 Å². The molecule has 1 heterocycles. The van der Waals surface area contributed by atoms with Crippen LogP contribution in [0.15, 0.2) is 168 Å². The third-order valence-corrected chi connectivity index (χ3v) is 10.6. The Morgan fingerprint density at radius 1 is 0.404 bits per heavy atom. The van der Waals surface area contributed by atoms with Gasteiger partial charge in [-0.3, -0.25) is 0 Å². The monoisotopic (exact) mass is 597 g/mol. The highest BCUT2D eigenvalue weighted by Gasteiger charge is 2.54. The first kappa shape index (κ1) is 25.1. The van der Waals surface area contributed by atoms with Crippen LogP contribution < -0.4 is 4.90 Å². The molecule has 0 saturated heterocycles. The summed E-state index contributed by atoms with van der Waals surface area (Å²) in [6.07, 6.45) is 0. The number of fused-ring (bicyclic) bond motifs is 7. The molecule has 2 nitrogen and oxygen atoms in total. The lowest BCUT2D eigenvalue weighted by atomic mass is 9.49. The lowest BCUT2D eigenvalue weighted by molar-refractivity contribution is 0.669. The van der Waals surface area contributed by atoms with Gasteiger partial charge in [-0.2, -0.15) is 0 Å². The fourth-order valence-electron chi connectivity index (χ4n) is 8.67. The standard InChI is InChI=1S/C45H27NO/c1-2-10-28(11-3-1)29-22-24-31(25-23-29)46(40-20-9-15-33-32-14-4-5-21-41(32)47-44(33)40)39-27-26-38-43-34(39)16-8-19-37(43)45(38)35-17-6-12-30-13-7-18-36(45)42(30)35/h1-27H. The molecule has 11 rings (SSSR count). The Morgan fingerprint density at radius 3 is 1.83 bits per heavy atom. The van der Waals surface area contributed by atoms with Gasteiger partial charge in [0, 0.05) is 21.8 Å². The first-order valence-corrected chi connectivity index (χ1v) is 16.3. The van der Waals surface area contributed by atoms with E-state index in [-0.39, 0.29) is 5.41 Å². The van der Waals surface area contributed by atoms with Crippen molar-refractivity contribution in [3.63, 3.8) is 0 Å². The Balaban J connectivity index is 1.15. The van der Waals surface area contributed by atoms with Crippen molar-refractivity contribution in [3.05, 3.63) is 186 Å². The predicted molar refractivity (Wildman–Crippen MR) is 194 cm³/mol. The third kappa shape index (κ3) is 3.10. The van der Waals surface area contributed by atoms with Gasteiger partial charge in [-0.25, -0.2) is 0 Å². The first-order chi connectivity index (χ1) is 23.3. The number of benzene rings is 8. The lowest BCUT2D eigenvalue weighted by Gasteiger charge is -2.52. The minimum atomic E-state index is -0.148. The molecule has 2 aliphatic carbocycles. The van der Waals surface area contributed by atoms with Crippen LogP contribution in [0.1, 0.15) is 22.3 Å². The smallest absolute Gasteiger partial charge is 0.159 e. The fraction of sp³-hybridized carbons (Fsp3) is 0.0222. The summed E-state index contributed by atoms with van der Waals surface area (Å²) in [4.78, 5) is 2.39. The van der Waals surface area contributed by atoms with Crippen LogP contribution in [0.25, 0.3) is 54.6 Å². The van der Waals surface area contributed by atoms with Crippen molar-refractivity contribution >= 4 is 60.5 Å². The van der Waals surface area contributed by atoms with Crippen molar-refractivity contribution in [1.29, 1.82) is 0 Å². The Bertz CT molecular complexity index is 2680. The van der Waals surface area contributed by atoms with Crippen molar-refractivity contribution in [2.45, 2.75) is 5.41 Å². The van der Waals surface area contributed by atoms with Crippen LogP contribution in [0, 0.1) is 0 Å². The number of hydrogen-bond acceptors (Lipinski definition) is 2. The van der Waals surface area contributed by atoms with Gasteiger partial charge in [0.2, 0.25) is 0 Å². The number of hydrogen-bond donors (Lipinski definition) is 0. The van der Waals surface area contributed by atoms with Crippen LogP contribution >= 0.6 is 0 Å². The van der Waals surface area contributed by atoms with E-state index in [1.807, 2.05) is 6.07 Å². The maximum Gasteiger partial charge on any atom is 0.159 e. The molecule has 2 heteroatoms. The van der Waals surface area contributed by atoms with Crippen LogP contribution in [-0.4, -0.2) is 0 Å². The number of furan rings is 1. The molecular weight excluding hydrogens is 571 g/mol. The zero-order chi connectivity index (χ0) is 30.7. The average molecular weight is 598 g/mol. The highest BCUT2D eigenvalue weighted by atomic mass is 16.3. The van der Waals surface area contributed by atoms with Crippen molar-refractivity contribution < 1.29 is 4.42 Å². The number of rotatable bonds is 4. The van der Waals surface area contributed by atoms with Crippen LogP contribution in [0.3, 0.4) is 0 Å². The predicted octanol–water partition coefficient (Wildman–Crippen LogP) is 12.0. The van der Waals surface area contributed by atoms with Crippen LogP contribution in [-0.2, 0) is 5.41 Å². The normalized spacial score (nSPS) is 13.7. The molecule has 0 N–H and O–H groups in total. The Kier molecular flexibility index (Phi) is 4.80. The second kappa shape index (κ2) is 8.99. The summed E-state index contributed by atoms with van der Waals surface area (Å²) in [6, 6.07) is 59.5. The summed E-state index contributed by atoms with van der Waals surface area (Å²) in [5.41, 5.74) is 13.0. The average Bonchev–Trinajstić information content (AvgIpc) is 3.51. The highest BCUT2D eigenvalue weighted by Crippen LogP contribution is 2.65. The van der Waals surface area contributed by atoms with Gasteiger partial charge < -0.3 is 9.32 Å². The summed E-state index contributed by atoms with van der Waals surface area (Å²) in [5.74, 6) is 0. The molecule has 0 radical (unpaired) electrons. The summed E-state index contributed by atoms with van der Waals surface area (Å²) in [6.45, 7) is 0. The maximum atomic E-state index is 6.64. The largest absolute Gasteiger partial charge is 0.454 e. The molecule has 0 amide bonds. The van der Waals surface area contributed by atoms with Gasteiger partial charge in [-0.15, -0.1) is 0 Å². The third-order valence-electron chi connectivity index (χ3n) is 10.6. The molecule has 47 heavy (non-hydrogen) atoms. The van der Waals surface area contributed by atoms with Crippen molar-refractivity contribution in [2.24, 2.45) is 0 Å². The number of para-hydroxylation sites is 2. The lowest BCUT2D eigenvalue weighted by Crippen LogP contribution is -2.43. The van der Waals surface area contributed by atoms with E-state index in [1.165, 1.54) is 54.9 Å². The topological polar surface area (TPSA) is 16.4 Å². The van der Waals surface area contributed by atoms with E-state index in [4.69, 9.17) is 4.42 Å². The Labute approximate surface area is 271 Å². The first-order valence-electron chi connectivity index (χ1n) is 16.3. The fourth-order valence-corrected chi connectivity index (χ4v) is 8.67. The van der Waals surface area contributed by atoms with Gasteiger partial charge in [-0.1, -0.05) is 133 Å². The number of nitrogens with zero attached hydrogens (tertiary/aromatic N) is 1.